The van der Waals surface area contributed by atoms with Crippen LogP contribution in [0.2, 0.25) is 0 Å². The molecule has 10 heteroatoms. The van der Waals surface area contributed by atoms with Crippen LogP contribution in [0, 0.1) is 0 Å². The molecule has 4 aliphatic heterocycles. The molecule has 0 saturated carbocycles. The number of benzene rings is 2. The minimum atomic E-state index is -1.89. The highest BCUT2D eigenvalue weighted by Crippen LogP contribution is 2.47. The Bertz CT molecular complexity index is 1230. The number of esters is 1. The average Bonchev–Trinajstić information content (AvgIpc) is 3.64. The Morgan fingerprint density at radius 1 is 0.833 bits per heavy atom. The van der Waals surface area contributed by atoms with Crippen LogP contribution < -0.4 is 12.4 Å². The molecule has 2 atom stereocenters. The Kier molecular flexibility index (Phi) is 8.89. The highest BCUT2D eigenvalue weighted by atomic mass is 35.5. The van der Waals surface area contributed by atoms with Crippen LogP contribution in [0.5, 0.6) is 0 Å². The molecule has 4 fully saturated rings. The molecular formula is C32H37ClN2O7. The molecule has 2 amide bonds. The quantitative estimate of drug-likeness (QED) is 0.256. The Morgan fingerprint density at radius 3 is 1.88 bits per heavy atom. The Balaban J connectivity index is 0.00000353. The Hall–Kier alpha value is -3.43. The van der Waals surface area contributed by atoms with Crippen LogP contribution in [-0.2, 0) is 34.2 Å². The molecule has 6 rings (SSSR count). The van der Waals surface area contributed by atoms with Gasteiger partial charge in [-0.3, -0.25) is 14.5 Å². The number of hydrogen-bond acceptors (Lipinski definition) is 7. The SMILES string of the molecule is O=C(OCCN1C(=O)CCC1=O)OC(C(=O)OC1CC2CCC(C1)[N+]21CCCC1)(c1ccccc1)c1ccccc1.[Cl-]. The normalized spacial score (nSPS) is 24.4. The second-order valence-corrected chi connectivity index (χ2v) is 11.7. The molecule has 0 radical (unpaired) electrons. The van der Waals surface area contributed by atoms with Gasteiger partial charge < -0.3 is 31.1 Å². The van der Waals surface area contributed by atoms with E-state index in [4.69, 9.17) is 14.2 Å². The van der Waals surface area contributed by atoms with Gasteiger partial charge in [0.05, 0.1) is 31.7 Å². The summed E-state index contributed by atoms with van der Waals surface area (Å²) in [5.41, 5.74) is -1.00. The molecule has 0 N–H and O–H groups in total. The number of piperidine rings is 1. The van der Waals surface area contributed by atoms with E-state index >= 15 is 0 Å². The van der Waals surface area contributed by atoms with E-state index in [9.17, 15) is 19.2 Å². The molecule has 2 bridgehead atoms. The lowest BCUT2D eigenvalue weighted by Gasteiger charge is -2.47. The molecule has 1 spiro atoms. The number of ether oxygens (including phenoxy) is 3. The van der Waals surface area contributed by atoms with Crippen molar-refractivity contribution in [3.63, 3.8) is 0 Å². The van der Waals surface area contributed by atoms with E-state index in [1.807, 2.05) is 12.1 Å². The van der Waals surface area contributed by atoms with Crippen molar-refractivity contribution in [2.24, 2.45) is 0 Å². The summed E-state index contributed by atoms with van der Waals surface area (Å²) in [5, 5.41) is 0. The molecule has 2 aromatic carbocycles. The third-order valence-corrected chi connectivity index (χ3v) is 9.60. The molecule has 9 nitrogen and oxygen atoms in total. The fraction of sp³-hybridized carbons (Fsp3) is 0.500. The van der Waals surface area contributed by atoms with E-state index in [2.05, 4.69) is 0 Å². The van der Waals surface area contributed by atoms with Gasteiger partial charge in [0.2, 0.25) is 11.8 Å². The number of carbonyl (C=O) groups is 4. The maximum Gasteiger partial charge on any atom is 0.510 e. The van der Waals surface area contributed by atoms with Gasteiger partial charge in [-0.1, -0.05) is 60.7 Å². The molecule has 0 aliphatic carbocycles. The largest absolute Gasteiger partial charge is 1.00 e. The standard InChI is InChI=1S/C32H37N2O7.ClH/c35-28-15-16-29(36)33(28)17-20-39-31(38)41-32(23-9-3-1-4-10-23,24-11-5-2-6-12-24)30(37)40-27-21-25-13-14-26(22-27)34(25)18-7-8-19-34;/h1-6,9-12,25-27H,7-8,13-22H2;1H/q+1;/p-1. The summed E-state index contributed by atoms with van der Waals surface area (Å²) in [5.74, 6) is -1.24. The highest BCUT2D eigenvalue weighted by molar-refractivity contribution is 6.01. The zero-order chi connectivity index (χ0) is 28.5. The van der Waals surface area contributed by atoms with E-state index in [0.717, 1.165) is 30.6 Å². The monoisotopic (exact) mass is 596 g/mol. The molecule has 224 valence electrons. The molecule has 4 saturated heterocycles. The van der Waals surface area contributed by atoms with Gasteiger partial charge in [0.15, 0.2) is 0 Å². The maximum atomic E-state index is 14.3. The summed E-state index contributed by atoms with van der Waals surface area (Å²) in [4.78, 5) is 52.5. The van der Waals surface area contributed by atoms with Crippen molar-refractivity contribution < 1.29 is 50.3 Å². The fourth-order valence-corrected chi connectivity index (χ4v) is 7.70. The summed E-state index contributed by atoms with van der Waals surface area (Å²) < 4.78 is 18.8. The average molecular weight is 597 g/mol. The Labute approximate surface area is 252 Å². The van der Waals surface area contributed by atoms with Crippen LogP contribution >= 0.6 is 0 Å². The van der Waals surface area contributed by atoms with Crippen molar-refractivity contribution in [1.29, 1.82) is 0 Å². The summed E-state index contributed by atoms with van der Waals surface area (Å²) >= 11 is 0. The topological polar surface area (TPSA) is 99.2 Å². The second-order valence-electron chi connectivity index (χ2n) is 11.7. The Morgan fingerprint density at radius 2 is 1.36 bits per heavy atom. The number of likely N-dealkylation sites (tertiary alicyclic amines) is 1. The lowest BCUT2D eigenvalue weighted by Crippen LogP contribution is -3.00. The number of amides is 2. The molecule has 2 unspecified atom stereocenters. The van der Waals surface area contributed by atoms with Gasteiger partial charge in [0.25, 0.3) is 5.60 Å². The van der Waals surface area contributed by atoms with Gasteiger partial charge in [-0.05, 0) is 0 Å². The number of imide groups is 1. The first kappa shape index (κ1) is 30.0. The van der Waals surface area contributed by atoms with Gasteiger partial charge in [0, 0.05) is 62.5 Å². The summed E-state index contributed by atoms with van der Waals surface area (Å²) in [7, 11) is 0. The van der Waals surface area contributed by atoms with E-state index in [-0.39, 0.29) is 56.3 Å². The van der Waals surface area contributed by atoms with Crippen molar-refractivity contribution in [3.8, 4) is 0 Å². The van der Waals surface area contributed by atoms with Crippen molar-refractivity contribution in [2.75, 3.05) is 26.2 Å². The van der Waals surface area contributed by atoms with Crippen molar-refractivity contribution in [2.45, 2.75) is 75.2 Å². The van der Waals surface area contributed by atoms with Crippen LogP contribution in [0.15, 0.2) is 60.7 Å². The number of nitrogens with zero attached hydrogens (tertiary/aromatic N) is 2. The molecule has 4 aliphatic rings. The molecule has 4 heterocycles. The van der Waals surface area contributed by atoms with E-state index < -0.39 is 17.7 Å². The van der Waals surface area contributed by atoms with Crippen LogP contribution in [0.4, 0.5) is 4.79 Å². The summed E-state index contributed by atoms with van der Waals surface area (Å²) in [6, 6.07) is 18.7. The number of quaternary nitrogens is 1. The van der Waals surface area contributed by atoms with Gasteiger partial charge in [-0.15, -0.1) is 0 Å². The summed E-state index contributed by atoms with van der Waals surface area (Å²) in [6.07, 6.45) is 5.43. The minimum Gasteiger partial charge on any atom is -1.00 e. The fourth-order valence-electron chi connectivity index (χ4n) is 7.70. The second kappa shape index (κ2) is 12.4. The minimum absolute atomic E-state index is 0. The number of hydrogen-bond donors (Lipinski definition) is 0. The van der Waals surface area contributed by atoms with E-state index in [1.165, 1.54) is 30.4 Å². The van der Waals surface area contributed by atoms with E-state index in [1.54, 1.807) is 48.5 Å². The number of carbonyl (C=O) groups excluding carboxylic acids is 4. The van der Waals surface area contributed by atoms with Gasteiger partial charge in [-0.2, -0.15) is 0 Å². The molecule has 42 heavy (non-hydrogen) atoms. The van der Waals surface area contributed by atoms with Crippen molar-refractivity contribution >= 4 is 23.9 Å². The lowest BCUT2D eigenvalue weighted by molar-refractivity contribution is -0.956. The predicted octanol–water partition coefficient (Wildman–Crippen LogP) is 1.08. The first-order valence-corrected chi connectivity index (χ1v) is 14.8. The van der Waals surface area contributed by atoms with Crippen molar-refractivity contribution in [3.05, 3.63) is 71.8 Å². The van der Waals surface area contributed by atoms with Gasteiger partial charge in [-0.25, -0.2) is 9.59 Å². The van der Waals surface area contributed by atoms with Gasteiger partial charge >= 0.3 is 12.1 Å². The third kappa shape index (κ3) is 5.40. The van der Waals surface area contributed by atoms with Gasteiger partial charge in [0.1, 0.15) is 12.7 Å². The smallest absolute Gasteiger partial charge is 0.510 e. The third-order valence-electron chi connectivity index (χ3n) is 9.60. The molecular weight excluding hydrogens is 560 g/mol. The first-order valence-electron chi connectivity index (χ1n) is 14.8. The summed E-state index contributed by atoms with van der Waals surface area (Å²) in [6.45, 7) is 2.14. The number of halogens is 1. The maximum absolute atomic E-state index is 14.3. The van der Waals surface area contributed by atoms with Crippen LogP contribution in [0.1, 0.15) is 62.5 Å². The van der Waals surface area contributed by atoms with Crippen LogP contribution in [0.25, 0.3) is 0 Å². The van der Waals surface area contributed by atoms with Crippen LogP contribution in [0.3, 0.4) is 0 Å². The lowest BCUT2D eigenvalue weighted by atomic mass is 9.85. The first-order chi connectivity index (χ1) is 19.9. The highest BCUT2D eigenvalue weighted by Gasteiger charge is 2.57. The van der Waals surface area contributed by atoms with Crippen molar-refractivity contribution in [1.82, 2.24) is 4.90 Å². The molecule has 0 aromatic heterocycles. The predicted molar refractivity (Wildman–Crippen MR) is 147 cm³/mol. The van der Waals surface area contributed by atoms with E-state index in [0.29, 0.717) is 23.2 Å². The zero-order valence-corrected chi connectivity index (χ0v) is 24.4. The van der Waals surface area contributed by atoms with Crippen LogP contribution in [-0.4, -0.2) is 77.8 Å². The zero-order valence-electron chi connectivity index (χ0n) is 23.6. The number of rotatable bonds is 8. The molecule has 2 aromatic rings.